The summed E-state index contributed by atoms with van der Waals surface area (Å²) >= 11 is 0. The van der Waals surface area contributed by atoms with E-state index in [0.717, 1.165) is 26.1 Å². The first-order chi connectivity index (χ1) is 8.87. The summed E-state index contributed by atoms with van der Waals surface area (Å²) in [7, 11) is -2.90. The molecule has 12 heteroatoms. The Morgan fingerprint density at radius 2 is 1.25 bits per heavy atom. The molecule has 0 bridgehead atoms. The van der Waals surface area contributed by atoms with Gasteiger partial charge in [-0.1, -0.05) is 0 Å². The first-order valence-electron chi connectivity index (χ1n) is 5.02. The third-order valence-corrected chi connectivity index (χ3v) is 2.61. The van der Waals surface area contributed by atoms with E-state index in [2.05, 4.69) is 0 Å². The summed E-state index contributed by atoms with van der Waals surface area (Å²) in [5.74, 6) is 0. The number of alkyl halides is 6. The summed E-state index contributed by atoms with van der Waals surface area (Å²) in [4.78, 5) is 0. The van der Waals surface area contributed by atoms with E-state index in [9.17, 15) is 34.8 Å². The van der Waals surface area contributed by atoms with Crippen LogP contribution in [0.3, 0.4) is 0 Å². The van der Waals surface area contributed by atoms with Crippen molar-refractivity contribution in [2.45, 2.75) is 24.7 Å². The van der Waals surface area contributed by atoms with Crippen molar-refractivity contribution in [2.75, 3.05) is 27.4 Å². The molecule has 0 saturated carbocycles. The molecular weight excluding hydrogens is 320 g/mol. The molecule has 0 rings (SSSR count). The Morgan fingerprint density at radius 3 is 1.40 bits per heavy atom. The first kappa shape index (κ1) is 21.7. The third kappa shape index (κ3) is 12.4. The molecule has 0 aliphatic carbocycles. The van der Waals surface area contributed by atoms with E-state index in [-0.39, 0.29) is 0 Å². The molecule has 0 aromatic carbocycles. The second kappa shape index (κ2) is 9.37. The van der Waals surface area contributed by atoms with Gasteiger partial charge in [-0.15, -0.1) is 4.72 Å². The number of ether oxygens (including phenoxy) is 2. The van der Waals surface area contributed by atoms with Crippen molar-refractivity contribution in [2.24, 2.45) is 0 Å². The Bertz CT molecular complexity index is 334. The molecule has 0 spiro atoms. The molecule has 0 amide bonds. The average Bonchev–Trinajstić information content (AvgIpc) is 2.20. The molecule has 124 valence electrons. The highest BCUT2D eigenvalue weighted by Crippen LogP contribution is 2.25. The first-order valence-corrected chi connectivity index (χ1v) is 6.50. The summed E-state index contributed by atoms with van der Waals surface area (Å²) < 4.78 is 95.5. The summed E-state index contributed by atoms with van der Waals surface area (Å²) in [5.41, 5.74) is -5.96. The summed E-state index contributed by atoms with van der Waals surface area (Å²) in [5, 5.41) is 0. The molecule has 0 atom stereocenters. The van der Waals surface area contributed by atoms with Gasteiger partial charge in [0.05, 0.1) is 0 Å². The lowest BCUT2D eigenvalue weighted by Gasteiger charge is -2.10. The predicted octanol–water partition coefficient (Wildman–Crippen LogP) is 2.00. The molecule has 0 aromatic rings. The van der Waals surface area contributed by atoms with Gasteiger partial charge in [-0.2, -0.15) is 26.3 Å². The topological polar surface area (TPSA) is 64.6 Å². The minimum absolute atomic E-state index is 0.517. The minimum atomic E-state index is -6.33. The maximum Gasteiger partial charge on any atom is 0.511 e. The largest absolute Gasteiger partial charge is 0.511 e. The zero-order valence-corrected chi connectivity index (χ0v) is 11.5. The molecule has 0 fully saturated rings. The lowest BCUT2D eigenvalue weighted by molar-refractivity contribution is -0.143. The Hall–Kier alpha value is -0.590. The van der Waals surface area contributed by atoms with E-state index in [1.807, 2.05) is 0 Å². The number of hydrogen-bond donors (Lipinski definition) is 1. The molecule has 0 unspecified atom stereocenters. The van der Waals surface area contributed by atoms with Gasteiger partial charge < -0.3 is 9.47 Å². The van der Waals surface area contributed by atoms with Crippen molar-refractivity contribution in [3.05, 3.63) is 0 Å². The molecule has 5 nitrogen and oxygen atoms in total. The van der Waals surface area contributed by atoms with Gasteiger partial charge in [-0.3, -0.25) is 0 Å². The highest BCUT2D eigenvalue weighted by molar-refractivity contribution is 7.90. The molecular formula is C8H15F6NO4S. The van der Waals surface area contributed by atoms with E-state index < -0.39 is 26.6 Å². The van der Waals surface area contributed by atoms with Crippen molar-refractivity contribution in [3.63, 3.8) is 0 Å². The second-order valence-electron chi connectivity index (χ2n) is 3.24. The van der Waals surface area contributed by atoms with Crippen LogP contribution in [0.15, 0.2) is 0 Å². The van der Waals surface area contributed by atoms with Gasteiger partial charge in [0.1, 0.15) is 0 Å². The highest BCUT2D eigenvalue weighted by atomic mass is 32.2. The zero-order valence-electron chi connectivity index (χ0n) is 10.6. The van der Waals surface area contributed by atoms with E-state index >= 15 is 0 Å². The normalized spacial score (nSPS) is 12.8. The Labute approximate surface area is 112 Å². The summed E-state index contributed by atoms with van der Waals surface area (Å²) in [6.45, 7) is 1.70. The maximum atomic E-state index is 11.2. The predicted molar refractivity (Wildman–Crippen MR) is 57.2 cm³/mol. The smallest absolute Gasteiger partial charge is 0.385 e. The standard InChI is InChI=1S/C6H14O2.C2HF6NO2S/c1-7-5-3-4-6-8-2;3-1(4,5)9-12(10,11)2(6,7)8/h3-6H2,1-2H3;9H. The minimum Gasteiger partial charge on any atom is -0.385 e. The van der Waals surface area contributed by atoms with Crippen LogP contribution >= 0.6 is 0 Å². The molecule has 0 aromatic heterocycles. The fourth-order valence-corrected chi connectivity index (χ4v) is 1.12. The van der Waals surface area contributed by atoms with Crippen LogP contribution in [0.5, 0.6) is 0 Å². The van der Waals surface area contributed by atoms with Crippen molar-refractivity contribution in [1.82, 2.24) is 4.72 Å². The van der Waals surface area contributed by atoms with Gasteiger partial charge in [0.2, 0.25) is 0 Å². The number of unbranched alkanes of at least 4 members (excludes halogenated alkanes) is 1. The van der Waals surface area contributed by atoms with Crippen LogP contribution in [-0.2, 0) is 19.5 Å². The fourth-order valence-electron chi connectivity index (χ4n) is 0.703. The molecule has 0 aliphatic heterocycles. The van der Waals surface area contributed by atoms with Crippen LogP contribution in [0.2, 0.25) is 0 Å². The third-order valence-electron chi connectivity index (χ3n) is 1.50. The van der Waals surface area contributed by atoms with Crippen molar-refractivity contribution >= 4 is 10.0 Å². The van der Waals surface area contributed by atoms with Crippen LogP contribution in [0.4, 0.5) is 26.3 Å². The molecule has 0 aliphatic rings. The quantitative estimate of drug-likeness (QED) is 0.458. The van der Waals surface area contributed by atoms with Crippen molar-refractivity contribution < 1.29 is 44.2 Å². The van der Waals surface area contributed by atoms with E-state index in [1.165, 1.54) is 0 Å². The molecule has 0 saturated heterocycles. The zero-order chi connectivity index (χ0) is 16.4. The number of sulfonamides is 1. The van der Waals surface area contributed by atoms with Crippen LogP contribution in [-0.4, -0.2) is 47.7 Å². The highest BCUT2D eigenvalue weighted by Gasteiger charge is 2.51. The summed E-state index contributed by atoms with van der Waals surface area (Å²) in [6, 6.07) is 0. The molecule has 0 heterocycles. The van der Waals surface area contributed by atoms with Crippen molar-refractivity contribution in [3.8, 4) is 0 Å². The number of methoxy groups -OCH3 is 2. The van der Waals surface area contributed by atoms with Crippen LogP contribution in [0.25, 0.3) is 0 Å². The number of rotatable bonds is 6. The van der Waals surface area contributed by atoms with Gasteiger partial charge in [0, 0.05) is 27.4 Å². The van der Waals surface area contributed by atoms with Crippen molar-refractivity contribution in [1.29, 1.82) is 0 Å². The van der Waals surface area contributed by atoms with E-state index in [1.54, 1.807) is 14.2 Å². The van der Waals surface area contributed by atoms with Gasteiger partial charge in [0.25, 0.3) is 0 Å². The van der Waals surface area contributed by atoms with E-state index in [4.69, 9.17) is 9.47 Å². The van der Waals surface area contributed by atoms with Gasteiger partial charge in [-0.05, 0) is 12.8 Å². The van der Waals surface area contributed by atoms with Crippen LogP contribution in [0.1, 0.15) is 12.8 Å². The fraction of sp³-hybridized carbons (Fsp3) is 1.00. The molecule has 1 N–H and O–H groups in total. The lowest BCUT2D eigenvalue weighted by atomic mass is 10.3. The molecule has 0 radical (unpaired) electrons. The van der Waals surface area contributed by atoms with E-state index in [0.29, 0.717) is 0 Å². The summed E-state index contributed by atoms with van der Waals surface area (Å²) in [6.07, 6.45) is -3.41. The van der Waals surface area contributed by atoms with Gasteiger partial charge in [0.15, 0.2) is 0 Å². The number of halogens is 6. The Kier molecular flexibility index (Phi) is 10.2. The van der Waals surface area contributed by atoms with Crippen LogP contribution in [0, 0.1) is 0 Å². The Balaban J connectivity index is 0. The van der Waals surface area contributed by atoms with Gasteiger partial charge in [-0.25, -0.2) is 8.42 Å². The SMILES string of the molecule is COCCCCOC.O=S(=O)(NC(F)(F)F)C(F)(F)F. The Morgan fingerprint density at radius 1 is 0.900 bits per heavy atom. The average molecular weight is 335 g/mol. The van der Waals surface area contributed by atoms with Crippen LogP contribution < -0.4 is 4.72 Å². The second-order valence-corrected chi connectivity index (χ2v) is 4.92. The monoisotopic (exact) mass is 335 g/mol. The lowest BCUT2D eigenvalue weighted by Crippen LogP contribution is -2.44. The maximum absolute atomic E-state index is 11.2. The number of hydrogen-bond acceptors (Lipinski definition) is 4. The molecule has 20 heavy (non-hydrogen) atoms. The number of nitrogens with one attached hydrogen (secondary N) is 1. The van der Waals surface area contributed by atoms with Gasteiger partial charge >= 0.3 is 21.8 Å².